The van der Waals surface area contributed by atoms with Crippen LogP contribution in [0.1, 0.15) is 51.9 Å². The van der Waals surface area contributed by atoms with E-state index in [0.717, 1.165) is 19.3 Å². The van der Waals surface area contributed by atoms with Crippen LogP contribution >= 0.6 is 0 Å². The van der Waals surface area contributed by atoms with Crippen molar-refractivity contribution in [3.05, 3.63) is 12.2 Å². The van der Waals surface area contributed by atoms with Crippen LogP contribution in [0, 0.1) is 0 Å². The van der Waals surface area contributed by atoms with Gasteiger partial charge in [-0.2, -0.15) is 8.42 Å². The van der Waals surface area contributed by atoms with Crippen molar-refractivity contribution in [2.75, 3.05) is 5.75 Å². The molecule has 0 aromatic carbocycles. The average molecular weight is 234 g/mol. The van der Waals surface area contributed by atoms with E-state index < -0.39 is 10.1 Å². The van der Waals surface area contributed by atoms with Gasteiger partial charge in [0.05, 0.1) is 5.75 Å². The largest absolute Gasteiger partial charge is 0.286 e. The summed E-state index contributed by atoms with van der Waals surface area (Å²) in [5, 5.41) is 0. The van der Waals surface area contributed by atoms with Crippen LogP contribution in [0.25, 0.3) is 0 Å². The Morgan fingerprint density at radius 2 is 1.53 bits per heavy atom. The monoisotopic (exact) mass is 234 g/mol. The molecule has 0 aromatic rings. The molecule has 1 N–H and O–H groups in total. The van der Waals surface area contributed by atoms with Crippen LogP contribution in [0.4, 0.5) is 0 Å². The first-order valence-electron chi connectivity index (χ1n) is 5.66. The normalized spacial score (nSPS) is 12.4. The molecule has 0 spiro atoms. The molecule has 0 radical (unpaired) electrons. The fourth-order valence-corrected chi connectivity index (χ4v) is 1.86. The van der Waals surface area contributed by atoms with Crippen LogP contribution in [0.5, 0.6) is 0 Å². The Morgan fingerprint density at radius 3 is 2.00 bits per heavy atom. The summed E-state index contributed by atoms with van der Waals surface area (Å²) in [4.78, 5) is 0. The lowest BCUT2D eigenvalue weighted by Crippen LogP contribution is -2.02. The molecule has 0 bridgehead atoms. The maximum Gasteiger partial charge on any atom is 0.264 e. The van der Waals surface area contributed by atoms with Crippen LogP contribution in [0.3, 0.4) is 0 Å². The van der Waals surface area contributed by atoms with Crippen LogP contribution in [-0.4, -0.2) is 18.7 Å². The molecule has 0 aliphatic rings. The average Bonchev–Trinajstić information content (AvgIpc) is 2.14. The van der Waals surface area contributed by atoms with Gasteiger partial charge in [0, 0.05) is 0 Å². The second kappa shape index (κ2) is 8.92. The smallest absolute Gasteiger partial charge is 0.264 e. The van der Waals surface area contributed by atoms with Gasteiger partial charge in [-0.15, -0.1) is 0 Å². The van der Waals surface area contributed by atoms with Gasteiger partial charge in [0.25, 0.3) is 10.1 Å². The van der Waals surface area contributed by atoms with Crippen LogP contribution < -0.4 is 0 Å². The zero-order chi connectivity index (χ0) is 11.6. The lowest BCUT2D eigenvalue weighted by molar-refractivity contribution is 0.480. The second-order valence-electron chi connectivity index (χ2n) is 3.75. The molecule has 4 heteroatoms. The Kier molecular flexibility index (Phi) is 8.71. The number of allylic oxidation sites excluding steroid dienone is 2. The summed E-state index contributed by atoms with van der Waals surface area (Å²) in [6, 6.07) is 0. The van der Waals surface area contributed by atoms with Crippen LogP contribution in [0.2, 0.25) is 0 Å². The van der Waals surface area contributed by atoms with Crippen molar-refractivity contribution in [3.63, 3.8) is 0 Å². The molecule has 0 aromatic heterocycles. The van der Waals surface area contributed by atoms with Crippen molar-refractivity contribution in [2.24, 2.45) is 0 Å². The molecule has 0 aliphatic heterocycles. The highest BCUT2D eigenvalue weighted by Crippen LogP contribution is 2.03. The van der Waals surface area contributed by atoms with Crippen molar-refractivity contribution in [1.29, 1.82) is 0 Å². The van der Waals surface area contributed by atoms with E-state index in [1.807, 2.05) is 0 Å². The topological polar surface area (TPSA) is 54.4 Å². The van der Waals surface area contributed by atoms with E-state index in [1.165, 1.54) is 19.3 Å². The Balaban J connectivity index is 3.24. The molecular weight excluding hydrogens is 212 g/mol. The molecule has 3 nitrogen and oxygen atoms in total. The van der Waals surface area contributed by atoms with Gasteiger partial charge in [0.2, 0.25) is 0 Å². The van der Waals surface area contributed by atoms with E-state index in [0.29, 0.717) is 6.42 Å². The molecule has 0 fully saturated rings. The molecule has 0 atom stereocenters. The lowest BCUT2D eigenvalue weighted by atomic mass is 10.2. The molecule has 90 valence electrons. The summed E-state index contributed by atoms with van der Waals surface area (Å²) < 4.78 is 29.2. The zero-order valence-electron chi connectivity index (χ0n) is 9.48. The first-order valence-corrected chi connectivity index (χ1v) is 7.27. The number of rotatable bonds is 9. The molecular formula is C11H22O3S. The first-order chi connectivity index (χ1) is 7.06. The highest BCUT2D eigenvalue weighted by atomic mass is 32.2. The van der Waals surface area contributed by atoms with E-state index in [4.69, 9.17) is 4.55 Å². The Labute approximate surface area is 93.3 Å². The number of hydrogen-bond donors (Lipinski definition) is 1. The van der Waals surface area contributed by atoms with E-state index in [1.54, 1.807) is 0 Å². The van der Waals surface area contributed by atoms with E-state index >= 15 is 0 Å². The lowest BCUT2D eigenvalue weighted by Gasteiger charge is -1.95. The van der Waals surface area contributed by atoms with Gasteiger partial charge in [0.15, 0.2) is 0 Å². The molecule has 15 heavy (non-hydrogen) atoms. The molecule has 0 aliphatic carbocycles. The summed E-state index contributed by atoms with van der Waals surface area (Å²) in [7, 11) is -3.75. The number of hydrogen-bond acceptors (Lipinski definition) is 2. The molecule has 0 unspecified atom stereocenters. The predicted molar refractivity (Wildman–Crippen MR) is 63.5 cm³/mol. The molecule has 0 saturated carbocycles. The SMILES string of the molecule is CCCCC/C=C/CCCCS(=O)(=O)O. The molecule has 0 heterocycles. The maximum atomic E-state index is 10.4. The molecule has 0 saturated heterocycles. The minimum absolute atomic E-state index is 0.114. The third kappa shape index (κ3) is 13.7. The van der Waals surface area contributed by atoms with Crippen molar-refractivity contribution >= 4 is 10.1 Å². The summed E-state index contributed by atoms with van der Waals surface area (Å²) >= 11 is 0. The summed E-state index contributed by atoms with van der Waals surface area (Å²) in [6.45, 7) is 2.18. The van der Waals surface area contributed by atoms with Crippen LogP contribution in [-0.2, 0) is 10.1 Å². The van der Waals surface area contributed by atoms with Crippen LogP contribution in [0.15, 0.2) is 12.2 Å². The fourth-order valence-electron chi connectivity index (χ4n) is 1.29. The van der Waals surface area contributed by atoms with Gasteiger partial charge in [0.1, 0.15) is 0 Å². The van der Waals surface area contributed by atoms with Gasteiger partial charge in [-0.05, 0) is 32.1 Å². The van der Waals surface area contributed by atoms with Gasteiger partial charge in [-0.3, -0.25) is 4.55 Å². The quantitative estimate of drug-likeness (QED) is 0.379. The Morgan fingerprint density at radius 1 is 1.00 bits per heavy atom. The Bertz CT molecular complexity index is 255. The minimum Gasteiger partial charge on any atom is -0.286 e. The highest BCUT2D eigenvalue weighted by molar-refractivity contribution is 7.85. The standard InChI is InChI=1S/C11H22O3S/c1-2-3-4-5-6-7-8-9-10-11-15(12,13)14/h6-7H,2-5,8-11H2,1H3,(H,12,13,14)/b7-6+. The summed E-state index contributed by atoms with van der Waals surface area (Å²) in [6.07, 6.45) is 11.4. The predicted octanol–water partition coefficient (Wildman–Crippen LogP) is 3.18. The van der Waals surface area contributed by atoms with Gasteiger partial charge >= 0.3 is 0 Å². The van der Waals surface area contributed by atoms with Crippen molar-refractivity contribution in [1.82, 2.24) is 0 Å². The maximum absolute atomic E-state index is 10.4. The Hall–Kier alpha value is -0.350. The van der Waals surface area contributed by atoms with Gasteiger partial charge < -0.3 is 0 Å². The number of unbranched alkanes of at least 4 members (excludes halogenated alkanes) is 5. The summed E-state index contributed by atoms with van der Waals surface area (Å²) in [5.41, 5.74) is 0. The third-order valence-electron chi connectivity index (χ3n) is 2.16. The molecule has 0 amide bonds. The van der Waals surface area contributed by atoms with Crippen molar-refractivity contribution < 1.29 is 13.0 Å². The van der Waals surface area contributed by atoms with E-state index in [2.05, 4.69) is 19.1 Å². The molecule has 0 rings (SSSR count). The van der Waals surface area contributed by atoms with E-state index in [9.17, 15) is 8.42 Å². The van der Waals surface area contributed by atoms with Crippen molar-refractivity contribution in [2.45, 2.75) is 51.9 Å². The summed E-state index contributed by atoms with van der Waals surface area (Å²) in [5.74, 6) is -0.114. The second-order valence-corrected chi connectivity index (χ2v) is 5.32. The van der Waals surface area contributed by atoms with Crippen molar-refractivity contribution in [3.8, 4) is 0 Å². The first kappa shape index (κ1) is 14.6. The third-order valence-corrected chi connectivity index (χ3v) is 2.97. The fraction of sp³-hybridized carbons (Fsp3) is 0.818. The minimum atomic E-state index is -3.75. The highest BCUT2D eigenvalue weighted by Gasteiger charge is 2.01. The van der Waals surface area contributed by atoms with Gasteiger partial charge in [-0.25, -0.2) is 0 Å². The zero-order valence-corrected chi connectivity index (χ0v) is 10.3. The van der Waals surface area contributed by atoms with E-state index in [-0.39, 0.29) is 5.75 Å². The van der Waals surface area contributed by atoms with Gasteiger partial charge in [-0.1, -0.05) is 31.9 Å².